The van der Waals surface area contributed by atoms with Gasteiger partial charge in [-0.2, -0.15) is 0 Å². The first kappa shape index (κ1) is 16.8. The summed E-state index contributed by atoms with van der Waals surface area (Å²) in [6.45, 7) is 3.11. The summed E-state index contributed by atoms with van der Waals surface area (Å²) in [6.07, 6.45) is 0.848. The number of nitrogens with zero attached hydrogens (tertiary/aromatic N) is 1. The molecule has 2 aromatic rings. The molecule has 2 aromatic carbocycles. The molecule has 1 heterocycles. The van der Waals surface area contributed by atoms with Gasteiger partial charge in [-0.15, -0.1) is 0 Å². The molecule has 3 amide bonds. The van der Waals surface area contributed by atoms with E-state index < -0.39 is 6.03 Å². The van der Waals surface area contributed by atoms with Crippen molar-refractivity contribution in [3.8, 4) is 5.75 Å². The van der Waals surface area contributed by atoms with Crippen LogP contribution in [0.1, 0.15) is 12.5 Å². The van der Waals surface area contributed by atoms with Crippen LogP contribution in [0.4, 0.5) is 16.2 Å². The molecule has 0 radical (unpaired) electrons. The maximum absolute atomic E-state index is 12.3. The predicted octanol–water partition coefficient (Wildman–Crippen LogP) is 2.80. The van der Waals surface area contributed by atoms with Crippen LogP contribution in [0, 0.1) is 0 Å². The van der Waals surface area contributed by atoms with E-state index in [0.29, 0.717) is 18.8 Å². The average molecular weight is 339 g/mol. The number of urea groups is 1. The number of para-hydroxylation sites is 1. The number of benzene rings is 2. The lowest BCUT2D eigenvalue weighted by Crippen LogP contribution is -2.41. The van der Waals surface area contributed by atoms with Crippen molar-refractivity contribution in [1.29, 1.82) is 0 Å². The molecule has 3 rings (SSSR count). The topological polar surface area (TPSA) is 70.7 Å². The first-order valence-corrected chi connectivity index (χ1v) is 8.33. The van der Waals surface area contributed by atoms with Crippen molar-refractivity contribution in [3.63, 3.8) is 0 Å². The summed E-state index contributed by atoms with van der Waals surface area (Å²) >= 11 is 0. The van der Waals surface area contributed by atoms with Gasteiger partial charge < -0.3 is 20.3 Å². The van der Waals surface area contributed by atoms with Crippen molar-refractivity contribution < 1.29 is 14.3 Å². The fourth-order valence-corrected chi connectivity index (χ4v) is 2.83. The molecule has 0 spiro atoms. The van der Waals surface area contributed by atoms with Crippen LogP contribution in [-0.2, 0) is 11.2 Å². The molecule has 0 aliphatic carbocycles. The molecule has 6 heteroatoms. The van der Waals surface area contributed by atoms with Crippen molar-refractivity contribution >= 4 is 23.3 Å². The molecule has 0 saturated carbocycles. The standard InChI is InChI=1S/C19H21N3O3/c1-2-25-16-9-7-15(8-10-16)21-19(24)20-13-18(23)22-12-11-14-5-3-4-6-17(14)22/h3-10H,2,11-13H2,1H3,(H2,20,21,24). The number of carbonyl (C=O) groups excluding carboxylic acids is 2. The number of hydrogen-bond donors (Lipinski definition) is 2. The molecule has 0 bridgehead atoms. The van der Waals surface area contributed by atoms with Crippen molar-refractivity contribution in [1.82, 2.24) is 5.32 Å². The lowest BCUT2D eigenvalue weighted by Gasteiger charge is -2.17. The monoisotopic (exact) mass is 339 g/mol. The molecule has 0 saturated heterocycles. The molecule has 1 aliphatic heterocycles. The Morgan fingerprint density at radius 1 is 1.12 bits per heavy atom. The highest BCUT2D eigenvalue weighted by Gasteiger charge is 2.24. The van der Waals surface area contributed by atoms with Gasteiger partial charge in [-0.1, -0.05) is 18.2 Å². The van der Waals surface area contributed by atoms with Gasteiger partial charge in [0.15, 0.2) is 0 Å². The minimum absolute atomic E-state index is 0.0444. The van der Waals surface area contributed by atoms with Gasteiger partial charge in [-0.3, -0.25) is 4.79 Å². The number of anilines is 2. The van der Waals surface area contributed by atoms with E-state index in [1.54, 1.807) is 29.2 Å². The minimum atomic E-state index is -0.412. The van der Waals surface area contributed by atoms with Crippen LogP contribution in [0.5, 0.6) is 5.75 Å². The third-order valence-electron chi connectivity index (χ3n) is 4.01. The van der Waals surface area contributed by atoms with Crippen LogP contribution in [0.25, 0.3) is 0 Å². The average Bonchev–Trinajstić information content (AvgIpc) is 3.06. The Bertz CT molecular complexity index is 759. The van der Waals surface area contributed by atoms with E-state index in [-0.39, 0.29) is 12.5 Å². The number of carbonyl (C=O) groups is 2. The Kier molecular flexibility index (Phi) is 5.18. The van der Waals surface area contributed by atoms with Crippen LogP contribution in [0.3, 0.4) is 0 Å². The summed E-state index contributed by atoms with van der Waals surface area (Å²) in [5.74, 6) is 0.628. The van der Waals surface area contributed by atoms with Crippen LogP contribution in [-0.4, -0.2) is 31.6 Å². The Morgan fingerprint density at radius 2 is 1.88 bits per heavy atom. The van der Waals surface area contributed by atoms with Gasteiger partial charge >= 0.3 is 6.03 Å². The van der Waals surface area contributed by atoms with E-state index in [2.05, 4.69) is 10.6 Å². The van der Waals surface area contributed by atoms with Crippen LogP contribution >= 0.6 is 0 Å². The third-order valence-corrected chi connectivity index (χ3v) is 4.01. The SMILES string of the molecule is CCOc1ccc(NC(=O)NCC(=O)N2CCc3ccccc32)cc1. The number of amides is 3. The predicted molar refractivity (Wildman–Crippen MR) is 97.1 cm³/mol. The van der Waals surface area contributed by atoms with Gasteiger partial charge in [0.2, 0.25) is 5.91 Å². The molecule has 1 aliphatic rings. The Balaban J connectivity index is 1.50. The zero-order chi connectivity index (χ0) is 17.6. The summed E-state index contributed by atoms with van der Waals surface area (Å²) < 4.78 is 5.35. The highest BCUT2D eigenvalue weighted by molar-refractivity contribution is 5.99. The largest absolute Gasteiger partial charge is 0.494 e. The molecule has 6 nitrogen and oxygen atoms in total. The number of hydrogen-bond acceptors (Lipinski definition) is 3. The number of ether oxygens (including phenoxy) is 1. The summed E-state index contributed by atoms with van der Waals surface area (Å²) in [6, 6.07) is 14.5. The van der Waals surface area contributed by atoms with Crippen molar-refractivity contribution in [3.05, 3.63) is 54.1 Å². The molecule has 25 heavy (non-hydrogen) atoms. The van der Waals surface area contributed by atoms with Crippen molar-refractivity contribution in [2.45, 2.75) is 13.3 Å². The van der Waals surface area contributed by atoms with Gasteiger partial charge in [0.25, 0.3) is 0 Å². The third kappa shape index (κ3) is 4.09. The number of fused-ring (bicyclic) bond motifs is 1. The lowest BCUT2D eigenvalue weighted by molar-refractivity contribution is -0.117. The second-order valence-electron chi connectivity index (χ2n) is 5.69. The van der Waals surface area contributed by atoms with Gasteiger partial charge in [-0.25, -0.2) is 4.79 Å². The number of rotatable bonds is 5. The van der Waals surface area contributed by atoms with E-state index in [9.17, 15) is 9.59 Å². The summed E-state index contributed by atoms with van der Waals surface area (Å²) in [7, 11) is 0. The highest BCUT2D eigenvalue weighted by Crippen LogP contribution is 2.27. The van der Waals surface area contributed by atoms with Crippen LogP contribution in [0.2, 0.25) is 0 Å². The van der Waals surface area contributed by atoms with Crippen molar-refractivity contribution in [2.75, 3.05) is 29.9 Å². The second kappa shape index (κ2) is 7.70. The number of nitrogens with one attached hydrogen (secondary N) is 2. The molecular formula is C19H21N3O3. The first-order valence-electron chi connectivity index (χ1n) is 8.33. The van der Waals surface area contributed by atoms with E-state index in [0.717, 1.165) is 23.4 Å². The molecule has 0 unspecified atom stereocenters. The van der Waals surface area contributed by atoms with E-state index >= 15 is 0 Å². The van der Waals surface area contributed by atoms with Gasteiger partial charge in [0.1, 0.15) is 5.75 Å². The summed E-state index contributed by atoms with van der Waals surface area (Å²) in [5, 5.41) is 5.31. The normalized spacial score (nSPS) is 12.4. The minimum Gasteiger partial charge on any atom is -0.494 e. The smallest absolute Gasteiger partial charge is 0.319 e. The zero-order valence-electron chi connectivity index (χ0n) is 14.1. The molecular weight excluding hydrogens is 318 g/mol. The summed E-state index contributed by atoms with van der Waals surface area (Å²) in [4.78, 5) is 26.0. The quantitative estimate of drug-likeness (QED) is 0.880. The second-order valence-corrected chi connectivity index (χ2v) is 5.69. The fraction of sp³-hybridized carbons (Fsp3) is 0.263. The van der Waals surface area contributed by atoms with Gasteiger partial charge in [0, 0.05) is 17.9 Å². The maximum atomic E-state index is 12.3. The lowest BCUT2D eigenvalue weighted by atomic mass is 10.2. The highest BCUT2D eigenvalue weighted by atomic mass is 16.5. The van der Waals surface area contributed by atoms with Crippen molar-refractivity contribution in [2.24, 2.45) is 0 Å². The molecule has 0 atom stereocenters. The van der Waals surface area contributed by atoms with Gasteiger partial charge in [-0.05, 0) is 49.2 Å². The van der Waals surface area contributed by atoms with Crippen LogP contribution in [0.15, 0.2) is 48.5 Å². The fourth-order valence-electron chi connectivity index (χ4n) is 2.83. The Hall–Kier alpha value is -3.02. The van der Waals surface area contributed by atoms with E-state index in [1.807, 2.05) is 31.2 Å². The van der Waals surface area contributed by atoms with E-state index in [4.69, 9.17) is 4.74 Å². The first-order chi connectivity index (χ1) is 12.2. The van der Waals surface area contributed by atoms with E-state index in [1.165, 1.54) is 0 Å². The van der Waals surface area contributed by atoms with Crippen LogP contribution < -0.4 is 20.3 Å². The van der Waals surface area contributed by atoms with Gasteiger partial charge in [0.05, 0.1) is 13.2 Å². The molecule has 0 aromatic heterocycles. The Labute approximate surface area is 146 Å². The zero-order valence-corrected chi connectivity index (χ0v) is 14.1. The Morgan fingerprint density at radius 3 is 2.64 bits per heavy atom. The molecule has 0 fully saturated rings. The molecule has 2 N–H and O–H groups in total. The molecule has 130 valence electrons. The maximum Gasteiger partial charge on any atom is 0.319 e. The summed E-state index contributed by atoms with van der Waals surface area (Å²) in [5.41, 5.74) is 2.73.